The lowest BCUT2D eigenvalue weighted by atomic mass is 10.0. The van der Waals surface area contributed by atoms with E-state index in [9.17, 15) is 9.90 Å². The predicted octanol–water partition coefficient (Wildman–Crippen LogP) is 4.05. The quantitative estimate of drug-likeness (QED) is 0.513. The highest BCUT2D eigenvalue weighted by atomic mass is 16.3. The van der Waals surface area contributed by atoms with E-state index in [1.165, 1.54) is 6.33 Å². The van der Waals surface area contributed by atoms with E-state index in [-0.39, 0.29) is 23.3 Å². The molecule has 30 heavy (non-hydrogen) atoms. The number of aromatic nitrogens is 3. The molecule has 6 nitrogen and oxygen atoms in total. The van der Waals surface area contributed by atoms with Crippen LogP contribution in [-0.2, 0) is 6.42 Å². The van der Waals surface area contributed by atoms with Crippen LogP contribution in [-0.4, -0.2) is 25.8 Å². The third kappa shape index (κ3) is 4.38. The summed E-state index contributed by atoms with van der Waals surface area (Å²) in [5, 5.41) is 17.3. The molecule has 0 saturated heterocycles. The number of carbonyl (C=O) groups is 1. The Kier molecular flexibility index (Phi) is 5.57. The number of nitrogens with zero attached hydrogens (tertiary/aromatic N) is 3. The zero-order valence-corrected chi connectivity index (χ0v) is 16.6. The van der Waals surface area contributed by atoms with Crippen molar-refractivity contribution in [3.8, 4) is 11.4 Å². The molecule has 1 amide bonds. The van der Waals surface area contributed by atoms with Gasteiger partial charge in [-0.05, 0) is 54.3 Å². The molecule has 1 atom stereocenters. The minimum Gasteiger partial charge on any atom is -0.507 e. The third-order valence-corrected chi connectivity index (χ3v) is 4.98. The molecule has 0 fully saturated rings. The van der Waals surface area contributed by atoms with E-state index >= 15 is 0 Å². The smallest absolute Gasteiger partial charge is 0.255 e. The van der Waals surface area contributed by atoms with Gasteiger partial charge in [0, 0.05) is 0 Å². The van der Waals surface area contributed by atoms with Crippen LogP contribution < -0.4 is 5.32 Å². The second-order valence-corrected chi connectivity index (χ2v) is 7.14. The van der Waals surface area contributed by atoms with Gasteiger partial charge >= 0.3 is 0 Å². The van der Waals surface area contributed by atoms with Crippen molar-refractivity contribution in [3.63, 3.8) is 0 Å². The second-order valence-electron chi connectivity index (χ2n) is 7.14. The van der Waals surface area contributed by atoms with Crippen LogP contribution in [0, 0.1) is 0 Å². The molecular formula is C24H22N4O2. The van der Waals surface area contributed by atoms with Crippen molar-refractivity contribution in [2.24, 2.45) is 0 Å². The Balaban J connectivity index is 1.47. The molecule has 150 valence electrons. The van der Waals surface area contributed by atoms with Crippen LogP contribution in [0.25, 0.3) is 5.69 Å². The summed E-state index contributed by atoms with van der Waals surface area (Å²) in [6.45, 7) is 1.91. The predicted molar refractivity (Wildman–Crippen MR) is 115 cm³/mol. The molecule has 3 aromatic carbocycles. The van der Waals surface area contributed by atoms with Crippen molar-refractivity contribution >= 4 is 5.91 Å². The number of phenols is 1. The summed E-state index contributed by atoms with van der Waals surface area (Å²) in [6.07, 6.45) is 3.81. The molecule has 1 unspecified atom stereocenters. The molecular weight excluding hydrogens is 376 g/mol. The number of hydrogen-bond donors (Lipinski definition) is 2. The van der Waals surface area contributed by atoms with Crippen LogP contribution in [0.15, 0.2) is 85.5 Å². The number of aromatic hydroxyl groups is 1. The van der Waals surface area contributed by atoms with Gasteiger partial charge in [-0.3, -0.25) is 4.79 Å². The first-order chi connectivity index (χ1) is 14.6. The molecule has 4 aromatic rings. The Bertz CT molecular complexity index is 1120. The fraction of sp³-hybridized carbons (Fsp3) is 0.125. The van der Waals surface area contributed by atoms with Crippen LogP contribution in [0.2, 0.25) is 0 Å². The Labute approximate surface area is 174 Å². The minimum absolute atomic E-state index is 0.0296. The van der Waals surface area contributed by atoms with E-state index in [1.54, 1.807) is 23.1 Å². The summed E-state index contributed by atoms with van der Waals surface area (Å²) >= 11 is 0. The Morgan fingerprint density at radius 2 is 1.80 bits per heavy atom. The molecule has 0 spiro atoms. The minimum atomic E-state index is -0.310. The lowest BCUT2D eigenvalue weighted by molar-refractivity contribution is 0.0937. The van der Waals surface area contributed by atoms with Gasteiger partial charge in [-0.2, -0.15) is 5.10 Å². The lowest BCUT2D eigenvalue weighted by Gasteiger charge is -2.16. The Hall–Kier alpha value is -3.93. The van der Waals surface area contributed by atoms with Gasteiger partial charge in [0.25, 0.3) is 5.91 Å². The Morgan fingerprint density at radius 3 is 2.50 bits per heavy atom. The number of nitrogens with one attached hydrogen (secondary N) is 1. The molecule has 4 rings (SSSR count). The average molecular weight is 398 g/mol. The SMILES string of the molecule is CC(NC(=O)c1cc(Cc2ccccc2)ccc1O)c1ccc(-n2cncn2)cc1. The first kappa shape index (κ1) is 19.4. The van der Waals surface area contributed by atoms with Gasteiger partial charge < -0.3 is 10.4 Å². The zero-order valence-electron chi connectivity index (χ0n) is 16.6. The zero-order chi connectivity index (χ0) is 20.9. The van der Waals surface area contributed by atoms with Crippen LogP contribution >= 0.6 is 0 Å². The molecule has 1 aromatic heterocycles. The van der Waals surface area contributed by atoms with Crippen LogP contribution in [0.1, 0.15) is 40.0 Å². The van der Waals surface area contributed by atoms with Gasteiger partial charge in [0.2, 0.25) is 0 Å². The molecule has 0 aliphatic carbocycles. The first-order valence-electron chi connectivity index (χ1n) is 9.72. The molecule has 2 N–H and O–H groups in total. The molecule has 0 bridgehead atoms. The van der Waals surface area contributed by atoms with Gasteiger partial charge in [0.05, 0.1) is 17.3 Å². The molecule has 6 heteroatoms. The van der Waals surface area contributed by atoms with Gasteiger partial charge in [0.1, 0.15) is 18.4 Å². The maximum Gasteiger partial charge on any atom is 0.255 e. The van der Waals surface area contributed by atoms with Crippen molar-refractivity contribution in [3.05, 3.63) is 108 Å². The van der Waals surface area contributed by atoms with Crippen LogP contribution in [0.5, 0.6) is 5.75 Å². The second kappa shape index (κ2) is 8.61. The maximum absolute atomic E-state index is 12.8. The van der Waals surface area contributed by atoms with Crippen LogP contribution in [0.3, 0.4) is 0 Å². The normalized spacial score (nSPS) is 11.8. The summed E-state index contributed by atoms with van der Waals surface area (Å²) in [4.78, 5) is 16.8. The summed E-state index contributed by atoms with van der Waals surface area (Å²) in [5.74, 6) is -0.340. The van der Waals surface area contributed by atoms with E-state index in [2.05, 4.69) is 15.4 Å². The summed E-state index contributed by atoms with van der Waals surface area (Å²) < 4.78 is 1.67. The fourth-order valence-corrected chi connectivity index (χ4v) is 3.32. The summed E-state index contributed by atoms with van der Waals surface area (Å²) in [7, 11) is 0. The van der Waals surface area contributed by atoms with Gasteiger partial charge in [0.15, 0.2) is 0 Å². The number of carbonyl (C=O) groups excluding carboxylic acids is 1. The van der Waals surface area contributed by atoms with Crippen molar-refractivity contribution < 1.29 is 9.90 Å². The lowest BCUT2D eigenvalue weighted by Crippen LogP contribution is -2.26. The molecule has 0 saturated carbocycles. The van der Waals surface area contributed by atoms with Crippen molar-refractivity contribution in [2.45, 2.75) is 19.4 Å². The molecule has 1 heterocycles. The molecule has 0 radical (unpaired) electrons. The number of hydrogen-bond acceptors (Lipinski definition) is 4. The van der Waals surface area contributed by atoms with E-state index in [1.807, 2.05) is 67.6 Å². The highest BCUT2D eigenvalue weighted by Gasteiger charge is 2.16. The number of rotatable bonds is 6. The van der Waals surface area contributed by atoms with E-state index in [0.29, 0.717) is 6.42 Å². The highest BCUT2D eigenvalue weighted by Crippen LogP contribution is 2.22. The van der Waals surface area contributed by atoms with Gasteiger partial charge in [-0.15, -0.1) is 0 Å². The number of amides is 1. The first-order valence-corrected chi connectivity index (χ1v) is 9.72. The summed E-state index contributed by atoms with van der Waals surface area (Å²) in [5.41, 5.74) is 4.23. The van der Waals surface area contributed by atoms with E-state index < -0.39 is 0 Å². The molecule has 0 aliphatic rings. The Morgan fingerprint density at radius 1 is 1.03 bits per heavy atom. The van der Waals surface area contributed by atoms with E-state index in [0.717, 1.165) is 22.4 Å². The topological polar surface area (TPSA) is 80.0 Å². The highest BCUT2D eigenvalue weighted by molar-refractivity contribution is 5.97. The average Bonchev–Trinajstić information content (AvgIpc) is 3.31. The van der Waals surface area contributed by atoms with Gasteiger partial charge in [-0.25, -0.2) is 9.67 Å². The maximum atomic E-state index is 12.8. The van der Waals surface area contributed by atoms with Crippen molar-refractivity contribution in [2.75, 3.05) is 0 Å². The largest absolute Gasteiger partial charge is 0.507 e. The van der Waals surface area contributed by atoms with Crippen LogP contribution in [0.4, 0.5) is 0 Å². The molecule has 0 aliphatic heterocycles. The van der Waals surface area contributed by atoms with Gasteiger partial charge in [-0.1, -0.05) is 48.5 Å². The van der Waals surface area contributed by atoms with Crippen molar-refractivity contribution in [1.82, 2.24) is 20.1 Å². The standard InChI is InChI=1S/C24H22N4O2/c1-17(20-8-10-21(11-9-20)28-16-25-15-26-28)27-24(30)22-14-19(7-12-23(22)29)13-18-5-3-2-4-6-18/h2-12,14-17,29H,13H2,1H3,(H,27,30). The monoisotopic (exact) mass is 398 g/mol. The summed E-state index contributed by atoms with van der Waals surface area (Å²) in [6, 6.07) is 22.7. The van der Waals surface area contributed by atoms with Crippen molar-refractivity contribution in [1.29, 1.82) is 0 Å². The van der Waals surface area contributed by atoms with E-state index in [4.69, 9.17) is 0 Å². The number of benzene rings is 3. The third-order valence-electron chi connectivity index (χ3n) is 4.98. The fourth-order valence-electron chi connectivity index (χ4n) is 3.32. The number of phenolic OH excluding ortho intramolecular Hbond substituents is 1.